The summed E-state index contributed by atoms with van der Waals surface area (Å²) in [5.74, 6) is -1.93. The maximum Gasteiger partial charge on any atom is 0.412 e. The third-order valence-corrected chi connectivity index (χ3v) is 8.27. The van der Waals surface area contributed by atoms with E-state index in [2.05, 4.69) is 10.6 Å². The Bertz CT molecular complexity index is 1440. The van der Waals surface area contributed by atoms with E-state index in [1.165, 1.54) is 30.6 Å². The fraction of sp³-hybridized carbons (Fsp3) is 0.533. The molecule has 1 aromatic carbocycles. The molecule has 46 heavy (non-hydrogen) atoms. The number of hydrogen-bond acceptors (Lipinski definition) is 12. The van der Waals surface area contributed by atoms with Crippen LogP contribution in [-0.4, -0.2) is 102 Å². The summed E-state index contributed by atoms with van der Waals surface area (Å²) in [6.45, 7) is 7.80. The molecule has 0 aliphatic carbocycles. The number of alkyl carbamates (subject to hydrolysis) is 1. The van der Waals surface area contributed by atoms with Crippen LogP contribution in [0.2, 0.25) is 0 Å². The summed E-state index contributed by atoms with van der Waals surface area (Å²) < 4.78 is 26.2. The second-order valence-corrected chi connectivity index (χ2v) is 12.7. The highest BCUT2D eigenvalue weighted by atomic mass is 32.2. The fourth-order valence-corrected chi connectivity index (χ4v) is 6.16. The predicted molar refractivity (Wildman–Crippen MR) is 162 cm³/mol. The van der Waals surface area contributed by atoms with Crippen molar-refractivity contribution in [3.63, 3.8) is 0 Å². The highest BCUT2D eigenvalue weighted by molar-refractivity contribution is 8.00. The molecular weight excluding hydrogens is 624 g/mol. The number of β-lactam (4-membered cyclic amide) rings is 1. The number of nitrogens with one attached hydrogen (secondary N) is 2. The van der Waals surface area contributed by atoms with Gasteiger partial charge in [0.15, 0.2) is 6.73 Å². The van der Waals surface area contributed by atoms with E-state index >= 15 is 0 Å². The molecule has 3 unspecified atom stereocenters. The molecule has 0 spiro atoms. The standard InChI is InChI=1S/C30H38N4O11S/c1-7-41-29(40)33(6)15-44-27(38)23-19(13-43-16(2)35)14-46-26-22(25(37)34(23)26)31-24(36)21(32-28(39)45-30(3,4)5)18-8-9-20-17(12-18)10-11-42-20/h8-9,12,21-22,26H,7,10-11,13-15H2,1-6H3,(H,31,36)(H,32,39). The van der Waals surface area contributed by atoms with E-state index in [1.54, 1.807) is 45.9 Å². The number of fused-ring (bicyclic) bond motifs is 2. The van der Waals surface area contributed by atoms with Gasteiger partial charge in [0, 0.05) is 31.7 Å². The van der Waals surface area contributed by atoms with E-state index in [9.17, 15) is 28.8 Å². The molecule has 2 N–H and O–H groups in total. The molecule has 3 heterocycles. The number of hydrogen-bond donors (Lipinski definition) is 2. The van der Waals surface area contributed by atoms with Gasteiger partial charge < -0.3 is 34.3 Å². The Kier molecular flexibility index (Phi) is 10.7. The Hall–Kier alpha value is -4.47. The molecule has 4 amide bonds. The zero-order valence-corrected chi connectivity index (χ0v) is 27.3. The summed E-state index contributed by atoms with van der Waals surface area (Å²) in [4.78, 5) is 78.9. The predicted octanol–water partition coefficient (Wildman–Crippen LogP) is 1.99. The Morgan fingerprint density at radius 2 is 1.89 bits per heavy atom. The average molecular weight is 663 g/mol. The molecule has 0 saturated carbocycles. The molecule has 15 nitrogen and oxygen atoms in total. The summed E-state index contributed by atoms with van der Waals surface area (Å²) >= 11 is 1.25. The summed E-state index contributed by atoms with van der Waals surface area (Å²) in [6, 6.07) is 2.86. The number of amides is 4. The largest absolute Gasteiger partial charge is 0.493 e. The molecule has 3 atom stereocenters. The SMILES string of the molecule is CCOC(=O)N(C)COC(=O)C1=C(COC(C)=O)CSC2C(NC(=O)C(NC(=O)OC(C)(C)C)c3ccc4c(c3)CCO4)C(=O)N12. The van der Waals surface area contributed by atoms with E-state index in [0.717, 1.165) is 10.5 Å². The molecule has 0 bridgehead atoms. The molecule has 0 radical (unpaired) electrons. The van der Waals surface area contributed by atoms with Crippen LogP contribution >= 0.6 is 11.8 Å². The Morgan fingerprint density at radius 3 is 2.57 bits per heavy atom. The number of esters is 2. The van der Waals surface area contributed by atoms with Crippen LogP contribution in [0.5, 0.6) is 5.75 Å². The van der Waals surface area contributed by atoms with Crippen LogP contribution < -0.4 is 15.4 Å². The van der Waals surface area contributed by atoms with Crippen molar-refractivity contribution in [1.82, 2.24) is 20.4 Å². The lowest BCUT2D eigenvalue weighted by Gasteiger charge is -2.49. The van der Waals surface area contributed by atoms with E-state index < -0.39 is 65.7 Å². The molecule has 3 aliphatic heterocycles. The van der Waals surface area contributed by atoms with Crippen molar-refractivity contribution in [2.24, 2.45) is 0 Å². The number of rotatable bonds is 10. The van der Waals surface area contributed by atoms with Gasteiger partial charge in [-0.25, -0.2) is 14.4 Å². The summed E-state index contributed by atoms with van der Waals surface area (Å²) in [7, 11) is 1.37. The van der Waals surface area contributed by atoms with Crippen molar-refractivity contribution < 1.29 is 52.5 Å². The van der Waals surface area contributed by atoms with Gasteiger partial charge >= 0.3 is 24.1 Å². The van der Waals surface area contributed by atoms with E-state index in [4.69, 9.17) is 23.7 Å². The first-order chi connectivity index (χ1) is 21.7. The second kappa shape index (κ2) is 14.3. The van der Waals surface area contributed by atoms with Crippen LogP contribution in [0, 0.1) is 0 Å². The maximum atomic E-state index is 13.7. The van der Waals surface area contributed by atoms with Crippen molar-refractivity contribution in [3.05, 3.63) is 40.6 Å². The van der Waals surface area contributed by atoms with Crippen LogP contribution in [0.4, 0.5) is 9.59 Å². The van der Waals surface area contributed by atoms with Gasteiger partial charge in [0.2, 0.25) is 5.91 Å². The van der Waals surface area contributed by atoms with Crippen molar-refractivity contribution in [1.29, 1.82) is 0 Å². The first kappa shape index (κ1) is 34.4. The third kappa shape index (κ3) is 8.02. The minimum Gasteiger partial charge on any atom is -0.493 e. The first-order valence-electron chi connectivity index (χ1n) is 14.6. The Morgan fingerprint density at radius 1 is 1.15 bits per heavy atom. The number of carbonyl (C=O) groups excluding carboxylic acids is 6. The molecular formula is C30H38N4O11S. The number of thioether (sulfide) groups is 1. The van der Waals surface area contributed by atoms with E-state index in [0.29, 0.717) is 29.9 Å². The van der Waals surface area contributed by atoms with Crippen molar-refractivity contribution in [2.75, 3.05) is 39.4 Å². The molecule has 250 valence electrons. The van der Waals surface area contributed by atoms with Gasteiger partial charge in [-0.05, 0) is 51.0 Å². The smallest absolute Gasteiger partial charge is 0.412 e. The summed E-state index contributed by atoms with van der Waals surface area (Å²) in [5.41, 5.74) is 0.693. The second-order valence-electron chi connectivity index (χ2n) is 11.6. The van der Waals surface area contributed by atoms with Crippen LogP contribution in [0.3, 0.4) is 0 Å². The lowest BCUT2D eigenvalue weighted by Crippen LogP contribution is -2.71. The molecule has 1 fully saturated rings. The Labute approximate surface area is 270 Å². The van der Waals surface area contributed by atoms with Crippen molar-refractivity contribution in [3.8, 4) is 5.75 Å². The zero-order chi connectivity index (χ0) is 33.8. The number of ether oxygens (including phenoxy) is 5. The highest BCUT2D eigenvalue weighted by Crippen LogP contribution is 2.41. The number of nitrogens with zero attached hydrogens (tertiary/aromatic N) is 2. The van der Waals surface area contributed by atoms with E-state index in [-0.39, 0.29) is 24.7 Å². The minimum absolute atomic E-state index is 0.123. The molecule has 3 aliphatic rings. The van der Waals surface area contributed by atoms with Gasteiger partial charge in [0.25, 0.3) is 5.91 Å². The van der Waals surface area contributed by atoms with Gasteiger partial charge in [0.1, 0.15) is 41.1 Å². The molecule has 1 saturated heterocycles. The van der Waals surface area contributed by atoms with Crippen LogP contribution in [0.1, 0.15) is 51.8 Å². The summed E-state index contributed by atoms with van der Waals surface area (Å²) in [5, 5.41) is 4.62. The van der Waals surface area contributed by atoms with Gasteiger partial charge in [0.05, 0.1) is 13.2 Å². The number of carbonyl (C=O) groups is 6. The van der Waals surface area contributed by atoms with Gasteiger partial charge in [-0.3, -0.25) is 24.2 Å². The normalized spacial score (nSPS) is 19.0. The zero-order valence-electron chi connectivity index (χ0n) is 26.5. The van der Waals surface area contributed by atoms with Crippen molar-refractivity contribution in [2.45, 2.75) is 64.1 Å². The van der Waals surface area contributed by atoms with Crippen LogP contribution in [-0.2, 0) is 44.5 Å². The first-order valence-corrected chi connectivity index (χ1v) is 15.7. The molecule has 1 aromatic rings. The lowest BCUT2D eigenvalue weighted by atomic mass is 9.99. The molecule has 4 rings (SSSR count). The molecule has 0 aromatic heterocycles. The average Bonchev–Trinajstić information content (AvgIpc) is 3.46. The topological polar surface area (TPSA) is 179 Å². The van der Waals surface area contributed by atoms with Gasteiger partial charge in [-0.2, -0.15) is 0 Å². The lowest BCUT2D eigenvalue weighted by molar-refractivity contribution is -0.155. The maximum absolute atomic E-state index is 13.7. The van der Waals surface area contributed by atoms with Crippen LogP contribution in [0.15, 0.2) is 29.5 Å². The van der Waals surface area contributed by atoms with Gasteiger partial charge in [-0.15, -0.1) is 11.8 Å². The quantitative estimate of drug-likeness (QED) is 0.161. The summed E-state index contributed by atoms with van der Waals surface area (Å²) in [6.07, 6.45) is -0.904. The third-order valence-electron chi connectivity index (χ3n) is 6.93. The van der Waals surface area contributed by atoms with Crippen molar-refractivity contribution >= 4 is 47.7 Å². The van der Waals surface area contributed by atoms with E-state index in [1.807, 2.05) is 0 Å². The highest BCUT2D eigenvalue weighted by Gasteiger charge is 2.55. The minimum atomic E-state index is -1.21. The number of benzene rings is 1. The fourth-order valence-electron chi connectivity index (χ4n) is 4.83. The monoisotopic (exact) mass is 662 g/mol. The Balaban J connectivity index is 1.53. The molecule has 16 heteroatoms. The van der Waals surface area contributed by atoms with Gasteiger partial charge in [-0.1, -0.05) is 6.07 Å². The van der Waals surface area contributed by atoms with Crippen LogP contribution in [0.25, 0.3) is 0 Å².